The Bertz CT molecular complexity index is 1020. The van der Waals surface area contributed by atoms with E-state index in [-0.39, 0.29) is 52.5 Å². The zero-order valence-electron chi connectivity index (χ0n) is 26.2. The fraction of sp³-hybridized carbons (Fsp3) is 0.500. The van der Waals surface area contributed by atoms with Crippen molar-refractivity contribution in [2.45, 2.75) is 12.8 Å². The van der Waals surface area contributed by atoms with Crippen LogP contribution in [0.5, 0.6) is 0 Å². The summed E-state index contributed by atoms with van der Waals surface area (Å²) in [4.78, 5) is 73.8. The summed E-state index contributed by atoms with van der Waals surface area (Å²) in [6.07, 6.45) is 7.49. The molecular weight excluding hydrogens is 608 g/mol. The normalized spacial score (nSPS) is 15.8. The lowest BCUT2D eigenvalue weighted by molar-refractivity contribution is -0.175. The van der Waals surface area contributed by atoms with Crippen LogP contribution in [0, 0.1) is 22.7 Å². The highest BCUT2D eigenvalue weighted by atomic mass is 16.6. The lowest BCUT2D eigenvalue weighted by atomic mass is 9.82. The van der Waals surface area contributed by atoms with E-state index in [9.17, 15) is 28.8 Å². The van der Waals surface area contributed by atoms with Crippen LogP contribution in [0.1, 0.15) is 12.8 Å². The highest BCUT2D eigenvalue weighted by Crippen LogP contribution is 2.31. The number of hydrogen-bond acceptors (Lipinski definition) is 14. The molecule has 0 bridgehead atoms. The average Bonchev–Trinajstić information content (AvgIpc) is 3.08. The van der Waals surface area contributed by atoms with Crippen LogP contribution in [-0.2, 0) is 66.7 Å². The molecule has 14 nitrogen and oxygen atoms in total. The van der Waals surface area contributed by atoms with E-state index in [1.807, 2.05) is 0 Å². The molecule has 0 amide bonds. The number of allylic oxidation sites excluding steroid dienone is 2. The molecule has 2 unspecified atom stereocenters. The lowest BCUT2D eigenvalue weighted by Crippen LogP contribution is -2.45. The summed E-state index contributed by atoms with van der Waals surface area (Å²) in [6.45, 7) is 10.9. The molecule has 2 atom stereocenters. The standard InChI is InChI=1S/C32H42O14/c1-7-25(33)41-17-31(15-39-5,18-42-26(34)8-2)21-45-29(37)23-13-11-12-14-24(23)30(38)46-22-32(16-40-6,19-43-27(35)9-3)20-44-28(36)10-4/h7-12,23-24H,1-4,13-22H2,5-6H3. The molecular formula is C32H42O14. The summed E-state index contributed by atoms with van der Waals surface area (Å²) < 4.78 is 42.4. The van der Waals surface area contributed by atoms with Gasteiger partial charge in [0.15, 0.2) is 0 Å². The predicted molar refractivity (Wildman–Crippen MR) is 161 cm³/mol. The van der Waals surface area contributed by atoms with Crippen molar-refractivity contribution in [1.29, 1.82) is 0 Å². The second-order valence-corrected chi connectivity index (χ2v) is 10.5. The Balaban J connectivity index is 3.14. The smallest absolute Gasteiger partial charge is 0.330 e. The van der Waals surface area contributed by atoms with Crippen molar-refractivity contribution in [1.82, 2.24) is 0 Å². The van der Waals surface area contributed by atoms with Crippen LogP contribution in [0.2, 0.25) is 0 Å². The molecule has 0 N–H and O–H groups in total. The molecule has 14 heteroatoms. The Morgan fingerprint density at radius 3 is 1.02 bits per heavy atom. The maximum atomic E-state index is 13.4. The van der Waals surface area contributed by atoms with E-state index in [4.69, 9.17) is 37.9 Å². The van der Waals surface area contributed by atoms with Gasteiger partial charge in [-0.15, -0.1) is 0 Å². The number of carbonyl (C=O) groups excluding carboxylic acids is 6. The second kappa shape index (κ2) is 20.5. The Morgan fingerprint density at radius 1 is 0.522 bits per heavy atom. The van der Waals surface area contributed by atoms with Crippen molar-refractivity contribution in [3.05, 3.63) is 62.8 Å². The highest BCUT2D eigenvalue weighted by Gasteiger charge is 2.42. The van der Waals surface area contributed by atoms with E-state index >= 15 is 0 Å². The molecule has 0 saturated heterocycles. The monoisotopic (exact) mass is 650 g/mol. The SMILES string of the molecule is C=CC(=O)OCC(COC)(COC(=O)C=C)COC(=O)C1CC=CCC1C(=O)OCC(COC)(COC(=O)C=C)COC(=O)C=C. The summed E-state index contributed by atoms with van der Waals surface area (Å²) in [7, 11) is 2.72. The van der Waals surface area contributed by atoms with Crippen molar-refractivity contribution in [3.63, 3.8) is 0 Å². The summed E-state index contributed by atoms with van der Waals surface area (Å²) >= 11 is 0. The molecule has 46 heavy (non-hydrogen) atoms. The first-order valence-electron chi connectivity index (χ1n) is 14.1. The molecule has 0 heterocycles. The van der Waals surface area contributed by atoms with Gasteiger partial charge in [0.2, 0.25) is 0 Å². The van der Waals surface area contributed by atoms with E-state index in [0.717, 1.165) is 24.3 Å². The van der Waals surface area contributed by atoms with Gasteiger partial charge in [-0.25, -0.2) is 19.2 Å². The highest BCUT2D eigenvalue weighted by molar-refractivity contribution is 5.84. The predicted octanol–water partition coefficient (Wildman–Crippen LogP) is 1.84. The quantitative estimate of drug-likeness (QED) is 0.0718. The van der Waals surface area contributed by atoms with E-state index < -0.39 is 71.7 Å². The van der Waals surface area contributed by atoms with Crippen molar-refractivity contribution in [2.75, 3.05) is 67.1 Å². The van der Waals surface area contributed by atoms with Gasteiger partial charge >= 0.3 is 35.8 Å². The minimum Gasteiger partial charge on any atom is -0.464 e. The van der Waals surface area contributed by atoms with Gasteiger partial charge in [0.1, 0.15) is 39.6 Å². The maximum Gasteiger partial charge on any atom is 0.330 e. The van der Waals surface area contributed by atoms with Crippen LogP contribution in [0.25, 0.3) is 0 Å². The van der Waals surface area contributed by atoms with Crippen LogP contribution in [0.3, 0.4) is 0 Å². The maximum absolute atomic E-state index is 13.4. The van der Waals surface area contributed by atoms with Gasteiger partial charge < -0.3 is 37.9 Å². The summed E-state index contributed by atoms with van der Waals surface area (Å²) in [5.74, 6) is -6.51. The first kappa shape index (κ1) is 39.5. The molecule has 0 aromatic heterocycles. The number of carbonyl (C=O) groups is 6. The van der Waals surface area contributed by atoms with Gasteiger partial charge in [-0.05, 0) is 12.8 Å². The Kier molecular flexibility index (Phi) is 17.6. The van der Waals surface area contributed by atoms with Gasteiger partial charge in [0, 0.05) is 38.5 Å². The van der Waals surface area contributed by atoms with Crippen LogP contribution in [-0.4, -0.2) is 103 Å². The third-order valence-electron chi connectivity index (χ3n) is 6.73. The average molecular weight is 651 g/mol. The molecule has 0 saturated carbocycles. The third-order valence-corrected chi connectivity index (χ3v) is 6.73. The van der Waals surface area contributed by atoms with Crippen molar-refractivity contribution in [2.24, 2.45) is 22.7 Å². The fourth-order valence-corrected chi connectivity index (χ4v) is 4.24. The van der Waals surface area contributed by atoms with Crippen molar-refractivity contribution >= 4 is 35.8 Å². The molecule has 1 rings (SSSR count). The summed E-state index contributed by atoms with van der Waals surface area (Å²) in [5, 5.41) is 0. The van der Waals surface area contributed by atoms with Crippen LogP contribution >= 0.6 is 0 Å². The Hall–Kier alpha value is -4.56. The molecule has 254 valence electrons. The molecule has 0 aliphatic heterocycles. The molecule has 0 aromatic carbocycles. The number of ether oxygens (including phenoxy) is 8. The minimum absolute atomic E-state index is 0.139. The van der Waals surface area contributed by atoms with Crippen molar-refractivity contribution < 1.29 is 66.7 Å². The van der Waals surface area contributed by atoms with Gasteiger partial charge in [-0.3, -0.25) is 9.59 Å². The molecule has 0 spiro atoms. The van der Waals surface area contributed by atoms with Crippen LogP contribution < -0.4 is 0 Å². The van der Waals surface area contributed by atoms with Crippen molar-refractivity contribution in [3.8, 4) is 0 Å². The van der Waals surface area contributed by atoms with Crippen LogP contribution in [0.15, 0.2) is 62.8 Å². The topological polar surface area (TPSA) is 176 Å². The van der Waals surface area contributed by atoms with E-state index in [1.54, 1.807) is 12.2 Å². The summed E-state index contributed by atoms with van der Waals surface area (Å²) in [6, 6.07) is 0. The number of rotatable bonds is 22. The number of esters is 6. The molecule has 1 aliphatic rings. The number of methoxy groups -OCH3 is 2. The van der Waals surface area contributed by atoms with Gasteiger partial charge in [0.05, 0.1) is 35.9 Å². The van der Waals surface area contributed by atoms with Crippen LogP contribution in [0.4, 0.5) is 0 Å². The fourth-order valence-electron chi connectivity index (χ4n) is 4.24. The first-order valence-corrected chi connectivity index (χ1v) is 14.1. The van der Waals surface area contributed by atoms with E-state index in [1.165, 1.54) is 14.2 Å². The zero-order chi connectivity index (χ0) is 34.6. The third kappa shape index (κ3) is 13.2. The Morgan fingerprint density at radius 2 is 0.783 bits per heavy atom. The summed E-state index contributed by atoms with van der Waals surface area (Å²) in [5.41, 5.74) is -2.60. The second-order valence-electron chi connectivity index (χ2n) is 10.5. The minimum atomic E-state index is -1.30. The van der Waals surface area contributed by atoms with Gasteiger partial charge in [-0.2, -0.15) is 0 Å². The molecule has 0 aromatic rings. The molecule has 1 aliphatic carbocycles. The van der Waals surface area contributed by atoms with Gasteiger partial charge in [-0.1, -0.05) is 38.5 Å². The first-order chi connectivity index (χ1) is 21.9. The zero-order valence-corrected chi connectivity index (χ0v) is 26.2. The molecule has 0 fully saturated rings. The van der Waals surface area contributed by atoms with E-state index in [2.05, 4.69) is 26.3 Å². The lowest BCUT2D eigenvalue weighted by Gasteiger charge is -2.33. The van der Waals surface area contributed by atoms with Gasteiger partial charge in [0.25, 0.3) is 0 Å². The largest absolute Gasteiger partial charge is 0.464 e. The van der Waals surface area contributed by atoms with E-state index in [0.29, 0.717) is 0 Å². The molecule has 0 radical (unpaired) electrons. The number of hydrogen-bond donors (Lipinski definition) is 0. The Labute approximate surface area is 267 Å².